The Morgan fingerprint density at radius 1 is 1.19 bits per heavy atom. The lowest BCUT2D eigenvalue weighted by Crippen LogP contribution is -2.26. The van der Waals surface area contributed by atoms with Crippen LogP contribution in [0.3, 0.4) is 0 Å². The van der Waals surface area contributed by atoms with E-state index < -0.39 is 0 Å². The average Bonchev–Trinajstić information content (AvgIpc) is 3.16. The Balaban J connectivity index is 1.51. The van der Waals surface area contributed by atoms with E-state index in [1.807, 2.05) is 25.1 Å². The third-order valence-corrected chi connectivity index (χ3v) is 4.19. The first-order valence-electron chi connectivity index (χ1n) is 8.78. The van der Waals surface area contributed by atoms with Crippen molar-refractivity contribution in [2.45, 2.75) is 39.2 Å². The van der Waals surface area contributed by atoms with Crippen molar-refractivity contribution in [3.63, 3.8) is 0 Å². The zero-order valence-corrected chi connectivity index (χ0v) is 15.0. The summed E-state index contributed by atoms with van der Waals surface area (Å²) in [6, 6.07) is 13.8. The van der Waals surface area contributed by atoms with Gasteiger partial charge in [-0.15, -0.1) is 0 Å². The van der Waals surface area contributed by atoms with E-state index in [2.05, 4.69) is 51.6 Å². The summed E-state index contributed by atoms with van der Waals surface area (Å²) in [5.74, 6) is 0.820. The minimum atomic E-state index is -0.0466. The maximum absolute atomic E-state index is 12.2. The Morgan fingerprint density at radius 3 is 2.69 bits per heavy atom. The molecule has 1 unspecified atom stereocenters. The van der Waals surface area contributed by atoms with Crippen molar-refractivity contribution < 1.29 is 9.32 Å². The van der Waals surface area contributed by atoms with Gasteiger partial charge in [-0.1, -0.05) is 42.4 Å². The molecule has 3 aromatic rings. The Bertz CT molecular complexity index is 844. The fourth-order valence-corrected chi connectivity index (χ4v) is 2.61. The standard InChI is InChI=1S/C20H22N4O2/c1-3-15-7-9-16(10-8-15)14(2)22-18(25)11-12-19-23-20(24-26-19)17-6-4-5-13-21-17/h4-10,13-14H,3,11-12H2,1-2H3,(H,22,25). The van der Waals surface area contributed by atoms with Crippen molar-refractivity contribution in [2.24, 2.45) is 0 Å². The molecule has 0 aliphatic heterocycles. The number of amides is 1. The molecule has 0 fully saturated rings. The highest BCUT2D eigenvalue weighted by Crippen LogP contribution is 2.15. The smallest absolute Gasteiger partial charge is 0.227 e. The molecule has 134 valence electrons. The topological polar surface area (TPSA) is 80.9 Å². The van der Waals surface area contributed by atoms with Crippen molar-refractivity contribution in [1.29, 1.82) is 0 Å². The Morgan fingerprint density at radius 2 is 2.00 bits per heavy atom. The summed E-state index contributed by atoms with van der Waals surface area (Å²) in [5.41, 5.74) is 3.02. The molecule has 3 rings (SSSR count). The molecular weight excluding hydrogens is 328 g/mol. The van der Waals surface area contributed by atoms with E-state index in [0.29, 0.717) is 30.3 Å². The van der Waals surface area contributed by atoms with Gasteiger partial charge in [0.1, 0.15) is 5.69 Å². The SMILES string of the molecule is CCc1ccc(C(C)NC(=O)CCc2nc(-c3ccccn3)no2)cc1. The van der Waals surface area contributed by atoms with Gasteiger partial charge in [-0.05, 0) is 36.6 Å². The fourth-order valence-electron chi connectivity index (χ4n) is 2.61. The summed E-state index contributed by atoms with van der Waals surface area (Å²) in [6.45, 7) is 4.10. The van der Waals surface area contributed by atoms with Crippen LogP contribution in [0.5, 0.6) is 0 Å². The van der Waals surface area contributed by atoms with Gasteiger partial charge in [-0.2, -0.15) is 4.98 Å². The van der Waals surface area contributed by atoms with Gasteiger partial charge >= 0.3 is 0 Å². The molecule has 0 saturated carbocycles. The number of aromatic nitrogens is 3. The first-order chi connectivity index (χ1) is 12.7. The number of hydrogen-bond acceptors (Lipinski definition) is 5. The van der Waals surface area contributed by atoms with Crippen LogP contribution >= 0.6 is 0 Å². The Labute approximate surface area is 152 Å². The largest absolute Gasteiger partial charge is 0.350 e. The minimum Gasteiger partial charge on any atom is -0.350 e. The molecule has 0 spiro atoms. The lowest BCUT2D eigenvalue weighted by atomic mass is 10.0. The molecule has 0 bridgehead atoms. The lowest BCUT2D eigenvalue weighted by molar-refractivity contribution is -0.121. The first-order valence-corrected chi connectivity index (χ1v) is 8.78. The number of nitrogens with one attached hydrogen (secondary N) is 1. The van der Waals surface area contributed by atoms with E-state index in [4.69, 9.17) is 4.52 Å². The molecule has 1 aromatic carbocycles. The highest BCUT2D eigenvalue weighted by Gasteiger charge is 2.13. The molecule has 1 N–H and O–H groups in total. The molecule has 6 heteroatoms. The summed E-state index contributed by atoms with van der Waals surface area (Å²) in [7, 11) is 0. The molecular formula is C20H22N4O2. The third-order valence-electron chi connectivity index (χ3n) is 4.19. The van der Waals surface area contributed by atoms with Crippen LogP contribution in [0.15, 0.2) is 53.2 Å². The van der Waals surface area contributed by atoms with Crippen LogP contribution in [0.4, 0.5) is 0 Å². The number of carbonyl (C=O) groups excluding carboxylic acids is 1. The van der Waals surface area contributed by atoms with Gasteiger partial charge in [-0.25, -0.2) is 0 Å². The number of aryl methyl sites for hydroxylation is 2. The van der Waals surface area contributed by atoms with Crippen molar-refractivity contribution in [3.8, 4) is 11.5 Å². The van der Waals surface area contributed by atoms with Gasteiger partial charge < -0.3 is 9.84 Å². The third kappa shape index (κ3) is 4.53. The van der Waals surface area contributed by atoms with Gasteiger partial charge in [-0.3, -0.25) is 9.78 Å². The molecule has 2 heterocycles. The number of rotatable bonds is 7. The lowest BCUT2D eigenvalue weighted by Gasteiger charge is -2.14. The molecule has 6 nitrogen and oxygen atoms in total. The second kappa shape index (κ2) is 8.38. The predicted molar refractivity (Wildman–Crippen MR) is 98.2 cm³/mol. The summed E-state index contributed by atoms with van der Waals surface area (Å²) >= 11 is 0. The molecule has 1 atom stereocenters. The van der Waals surface area contributed by atoms with E-state index in [-0.39, 0.29) is 11.9 Å². The molecule has 0 saturated heterocycles. The van der Waals surface area contributed by atoms with E-state index >= 15 is 0 Å². The number of nitrogens with zero attached hydrogens (tertiary/aromatic N) is 3. The van der Waals surface area contributed by atoms with E-state index in [9.17, 15) is 4.79 Å². The van der Waals surface area contributed by atoms with Crippen molar-refractivity contribution in [3.05, 3.63) is 65.7 Å². The maximum atomic E-state index is 12.2. The second-order valence-corrected chi connectivity index (χ2v) is 6.11. The summed E-state index contributed by atoms with van der Waals surface area (Å²) in [4.78, 5) is 20.7. The van der Waals surface area contributed by atoms with Crippen molar-refractivity contribution in [2.75, 3.05) is 0 Å². The number of hydrogen-bond donors (Lipinski definition) is 1. The van der Waals surface area contributed by atoms with Gasteiger partial charge in [0.05, 0.1) is 6.04 Å². The van der Waals surface area contributed by atoms with Gasteiger partial charge in [0.2, 0.25) is 17.6 Å². The van der Waals surface area contributed by atoms with Crippen LogP contribution in [0.1, 0.15) is 43.3 Å². The van der Waals surface area contributed by atoms with E-state index in [1.165, 1.54) is 5.56 Å². The molecule has 2 aromatic heterocycles. The molecule has 26 heavy (non-hydrogen) atoms. The summed E-state index contributed by atoms with van der Waals surface area (Å²) in [6.07, 6.45) is 3.37. The molecule has 0 aliphatic carbocycles. The van der Waals surface area contributed by atoms with Crippen molar-refractivity contribution in [1.82, 2.24) is 20.4 Å². The summed E-state index contributed by atoms with van der Waals surface area (Å²) < 4.78 is 5.20. The fraction of sp³-hybridized carbons (Fsp3) is 0.300. The van der Waals surface area contributed by atoms with Crippen LogP contribution in [0.2, 0.25) is 0 Å². The summed E-state index contributed by atoms with van der Waals surface area (Å²) in [5, 5.41) is 6.91. The number of pyridine rings is 1. The highest BCUT2D eigenvalue weighted by atomic mass is 16.5. The second-order valence-electron chi connectivity index (χ2n) is 6.11. The van der Waals surface area contributed by atoms with Crippen LogP contribution in [-0.2, 0) is 17.6 Å². The molecule has 0 aliphatic rings. The van der Waals surface area contributed by atoms with Crippen LogP contribution < -0.4 is 5.32 Å². The van der Waals surface area contributed by atoms with Crippen LogP contribution in [0, 0.1) is 0 Å². The van der Waals surface area contributed by atoms with Crippen molar-refractivity contribution >= 4 is 5.91 Å². The Kier molecular flexibility index (Phi) is 5.73. The van der Waals surface area contributed by atoms with Gasteiger partial charge in [0.15, 0.2) is 0 Å². The zero-order valence-electron chi connectivity index (χ0n) is 15.0. The highest BCUT2D eigenvalue weighted by molar-refractivity contribution is 5.76. The zero-order chi connectivity index (χ0) is 18.4. The monoisotopic (exact) mass is 350 g/mol. The van der Waals surface area contributed by atoms with Gasteiger partial charge in [0.25, 0.3) is 0 Å². The maximum Gasteiger partial charge on any atom is 0.227 e. The van der Waals surface area contributed by atoms with E-state index in [1.54, 1.807) is 6.20 Å². The average molecular weight is 350 g/mol. The Hall–Kier alpha value is -3.02. The molecule has 0 radical (unpaired) electrons. The predicted octanol–water partition coefficient (Wildman–Crippen LogP) is 3.50. The number of carbonyl (C=O) groups is 1. The normalized spacial score (nSPS) is 11.9. The first kappa shape index (κ1) is 17.8. The van der Waals surface area contributed by atoms with E-state index in [0.717, 1.165) is 12.0 Å². The van der Waals surface area contributed by atoms with Gasteiger partial charge in [0, 0.05) is 19.0 Å². The molecule has 1 amide bonds. The van der Waals surface area contributed by atoms with Crippen LogP contribution in [-0.4, -0.2) is 21.0 Å². The van der Waals surface area contributed by atoms with Crippen LogP contribution in [0.25, 0.3) is 11.5 Å². The number of benzene rings is 1. The minimum absolute atomic E-state index is 0.0415. The quantitative estimate of drug-likeness (QED) is 0.705.